The van der Waals surface area contributed by atoms with E-state index in [9.17, 15) is 21.6 Å². The maximum absolute atomic E-state index is 13.2. The van der Waals surface area contributed by atoms with Gasteiger partial charge in [0.25, 0.3) is 0 Å². The van der Waals surface area contributed by atoms with Gasteiger partial charge >= 0.3 is 6.18 Å². The van der Waals surface area contributed by atoms with Gasteiger partial charge in [-0.25, -0.2) is 13.1 Å². The van der Waals surface area contributed by atoms with Gasteiger partial charge in [-0.1, -0.05) is 29.8 Å². The van der Waals surface area contributed by atoms with Crippen molar-refractivity contribution in [1.82, 2.24) is 30.1 Å². The van der Waals surface area contributed by atoms with E-state index >= 15 is 0 Å². The van der Waals surface area contributed by atoms with Crippen molar-refractivity contribution in [3.63, 3.8) is 0 Å². The number of tetrazole rings is 1. The highest BCUT2D eigenvalue weighted by Crippen LogP contribution is 2.33. The average Bonchev–Trinajstić information content (AvgIpc) is 3.36. The first kappa shape index (κ1) is 26.8. The molecule has 1 aliphatic rings. The lowest BCUT2D eigenvalue weighted by atomic mass is 10.1. The Hall–Kier alpha value is -3.84. The molecule has 0 aliphatic carbocycles. The van der Waals surface area contributed by atoms with Gasteiger partial charge in [-0.3, -0.25) is 9.88 Å². The van der Waals surface area contributed by atoms with Gasteiger partial charge in [0.2, 0.25) is 0 Å². The number of hydrogen-bond acceptors (Lipinski definition) is 8. The molecule has 4 aromatic rings. The minimum Gasteiger partial charge on any atom is -0.369 e. The molecule has 0 amide bonds. The predicted octanol–water partition coefficient (Wildman–Crippen LogP) is 3.74. The molecule has 3 heterocycles. The summed E-state index contributed by atoms with van der Waals surface area (Å²) in [7, 11) is -3.74. The van der Waals surface area contributed by atoms with Gasteiger partial charge in [0.1, 0.15) is 0 Å². The number of aromatic nitrogens is 5. The van der Waals surface area contributed by atoms with Crippen LogP contribution < -0.4 is 4.90 Å². The summed E-state index contributed by atoms with van der Waals surface area (Å²) in [5, 5.41) is 12.0. The van der Waals surface area contributed by atoms with Crippen molar-refractivity contribution in [2.45, 2.75) is 29.9 Å². The number of sulfone groups is 1. The number of pyridine rings is 1. The molecule has 5 rings (SSSR count). The van der Waals surface area contributed by atoms with Crippen LogP contribution in [0, 0.1) is 6.92 Å². The summed E-state index contributed by atoms with van der Waals surface area (Å²) in [5.74, 6) is -0.106. The largest absolute Gasteiger partial charge is 0.416 e. The lowest BCUT2D eigenvalue weighted by molar-refractivity contribution is -0.137. The van der Waals surface area contributed by atoms with E-state index in [4.69, 9.17) is 0 Å². The number of halogens is 3. The Morgan fingerprint density at radius 1 is 0.974 bits per heavy atom. The molecule has 13 heteroatoms. The molecule has 2 aromatic heterocycles. The molecule has 0 spiro atoms. The summed E-state index contributed by atoms with van der Waals surface area (Å²) in [6.07, 6.45) is -1.10. The SMILES string of the molecule is Cc1ccc(S(=O)(=O)Cn2nnnc2C(c2cccnc2)N2CCN(c3cccc(C(F)(F)F)c3)CC2)cc1. The van der Waals surface area contributed by atoms with E-state index in [1.165, 1.54) is 10.7 Å². The van der Waals surface area contributed by atoms with Crippen molar-refractivity contribution >= 4 is 15.5 Å². The summed E-state index contributed by atoms with van der Waals surface area (Å²) in [4.78, 5) is 8.38. The summed E-state index contributed by atoms with van der Waals surface area (Å²) < 4.78 is 67.3. The van der Waals surface area contributed by atoms with E-state index in [2.05, 4.69) is 25.4 Å². The highest BCUT2D eigenvalue weighted by atomic mass is 32.2. The number of benzene rings is 2. The number of anilines is 1. The molecule has 1 saturated heterocycles. The van der Waals surface area contributed by atoms with E-state index in [0.717, 1.165) is 23.3 Å². The molecule has 9 nitrogen and oxygen atoms in total. The first-order chi connectivity index (χ1) is 18.6. The molecule has 2 aromatic carbocycles. The van der Waals surface area contributed by atoms with E-state index in [0.29, 0.717) is 37.7 Å². The van der Waals surface area contributed by atoms with Crippen LogP contribution in [0.25, 0.3) is 0 Å². The van der Waals surface area contributed by atoms with Gasteiger partial charge in [-0.2, -0.15) is 13.2 Å². The van der Waals surface area contributed by atoms with Crippen LogP contribution in [0.1, 0.15) is 28.6 Å². The maximum Gasteiger partial charge on any atom is 0.416 e. The topological polar surface area (TPSA) is 97.1 Å². The fourth-order valence-corrected chi connectivity index (χ4v) is 5.86. The van der Waals surface area contributed by atoms with E-state index in [1.807, 2.05) is 17.9 Å². The highest BCUT2D eigenvalue weighted by Gasteiger charge is 2.34. The Balaban J connectivity index is 1.40. The zero-order valence-corrected chi connectivity index (χ0v) is 21.8. The first-order valence-corrected chi connectivity index (χ1v) is 13.9. The molecular weight excluding hydrogens is 531 g/mol. The second-order valence-corrected chi connectivity index (χ2v) is 11.3. The fourth-order valence-electron chi connectivity index (χ4n) is 4.66. The molecule has 1 fully saturated rings. The molecular formula is C26H26F3N7O2S. The predicted molar refractivity (Wildman–Crippen MR) is 137 cm³/mol. The van der Waals surface area contributed by atoms with Crippen LogP contribution in [0.4, 0.5) is 18.9 Å². The highest BCUT2D eigenvalue weighted by molar-refractivity contribution is 7.90. The van der Waals surface area contributed by atoms with E-state index < -0.39 is 33.5 Å². The number of piperazine rings is 1. The summed E-state index contributed by atoms with van der Waals surface area (Å²) in [5.41, 5.74) is 1.52. The van der Waals surface area contributed by atoms with Crippen molar-refractivity contribution in [3.05, 3.63) is 95.6 Å². The number of hydrogen-bond donors (Lipinski definition) is 0. The minimum atomic E-state index is -4.42. The second kappa shape index (κ2) is 10.7. The van der Waals surface area contributed by atoms with Gasteiger partial charge in [0, 0.05) is 44.3 Å². The average molecular weight is 558 g/mol. The van der Waals surface area contributed by atoms with Crippen LogP contribution in [0.15, 0.2) is 78.0 Å². The van der Waals surface area contributed by atoms with Crippen LogP contribution in [0.3, 0.4) is 0 Å². The van der Waals surface area contributed by atoms with Gasteiger partial charge < -0.3 is 4.90 Å². The standard InChI is InChI=1S/C26H26F3N7O2S/c1-19-7-9-23(10-8-19)39(37,38)18-36-25(31-32-33-36)24(20-4-3-11-30-17-20)35-14-12-34(13-15-35)22-6-2-5-21(16-22)26(27,28)29/h2-11,16-17,24H,12-15,18H2,1H3. The number of aryl methyl sites for hydroxylation is 1. The van der Waals surface area contributed by atoms with Crippen molar-refractivity contribution in [3.8, 4) is 0 Å². The van der Waals surface area contributed by atoms with Gasteiger partial charge in [-0.05, 0) is 59.3 Å². The molecule has 0 N–H and O–H groups in total. The summed E-state index contributed by atoms with van der Waals surface area (Å²) >= 11 is 0. The van der Waals surface area contributed by atoms with Crippen molar-refractivity contribution in [2.75, 3.05) is 31.1 Å². The Bertz CT molecular complexity index is 1520. The Kier molecular flexibility index (Phi) is 7.36. The number of rotatable bonds is 7. The zero-order valence-electron chi connectivity index (χ0n) is 21.0. The van der Waals surface area contributed by atoms with Crippen molar-refractivity contribution in [1.29, 1.82) is 0 Å². The second-order valence-electron chi connectivity index (χ2n) is 9.35. The van der Waals surface area contributed by atoms with Gasteiger partial charge in [0.15, 0.2) is 21.5 Å². The third-order valence-corrected chi connectivity index (χ3v) is 8.27. The number of alkyl halides is 3. The van der Waals surface area contributed by atoms with Crippen molar-refractivity contribution < 1.29 is 21.6 Å². The number of nitrogens with zero attached hydrogens (tertiary/aromatic N) is 7. The molecule has 39 heavy (non-hydrogen) atoms. The Morgan fingerprint density at radius 3 is 2.38 bits per heavy atom. The van der Waals surface area contributed by atoms with Crippen LogP contribution in [-0.2, 0) is 21.9 Å². The monoisotopic (exact) mass is 557 g/mol. The molecule has 204 valence electrons. The molecule has 1 aliphatic heterocycles. The van der Waals surface area contributed by atoms with Gasteiger partial charge in [-0.15, -0.1) is 5.10 Å². The van der Waals surface area contributed by atoms with Crippen LogP contribution >= 0.6 is 0 Å². The lowest BCUT2D eigenvalue weighted by Crippen LogP contribution is -2.48. The van der Waals surface area contributed by atoms with Crippen LogP contribution in [0.5, 0.6) is 0 Å². The third kappa shape index (κ3) is 5.93. The van der Waals surface area contributed by atoms with Crippen LogP contribution in [-0.4, -0.2) is 64.7 Å². The van der Waals surface area contributed by atoms with E-state index in [1.54, 1.807) is 48.8 Å². The summed E-state index contributed by atoms with van der Waals surface area (Å²) in [6, 6.07) is 15.0. The van der Waals surface area contributed by atoms with Gasteiger partial charge in [0.05, 0.1) is 16.5 Å². The lowest BCUT2D eigenvalue weighted by Gasteiger charge is -2.39. The van der Waals surface area contributed by atoms with Crippen molar-refractivity contribution in [2.24, 2.45) is 0 Å². The molecule has 0 saturated carbocycles. The molecule has 0 radical (unpaired) electrons. The summed E-state index contributed by atoms with van der Waals surface area (Å²) in [6.45, 7) is 3.75. The minimum absolute atomic E-state index is 0.169. The normalized spacial score (nSPS) is 15.8. The zero-order chi connectivity index (χ0) is 27.6. The third-order valence-electron chi connectivity index (χ3n) is 6.69. The molecule has 0 bridgehead atoms. The molecule has 1 unspecified atom stereocenters. The first-order valence-electron chi connectivity index (χ1n) is 12.2. The van der Waals surface area contributed by atoms with E-state index in [-0.39, 0.29) is 4.90 Å². The Morgan fingerprint density at radius 2 is 1.72 bits per heavy atom. The quantitative estimate of drug-likeness (QED) is 0.339. The maximum atomic E-state index is 13.2. The smallest absolute Gasteiger partial charge is 0.369 e. The molecule has 1 atom stereocenters. The fraction of sp³-hybridized carbons (Fsp3) is 0.308. The van der Waals surface area contributed by atoms with Crippen LogP contribution in [0.2, 0.25) is 0 Å². The Labute approximate surface area is 223 Å².